The van der Waals surface area contributed by atoms with Crippen LogP contribution in [0.1, 0.15) is 24.2 Å². The summed E-state index contributed by atoms with van der Waals surface area (Å²) in [5.41, 5.74) is 3.32. The third kappa shape index (κ3) is 2.56. The number of fused-ring (bicyclic) bond motifs is 1. The van der Waals surface area contributed by atoms with E-state index in [2.05, 4.69) is 49.8 Å². The van der Waals surface area contributed by atoms with Crippen LogP contribution in [0.25, 0.3) is 10.9 Å². The summed E-state index contributed by atoms with van der Waals surface area (Å²) in [7, 11) is 0. The van der Waals surface area contributed by atoms with Gasteiger partial charge in [0.2, 0.25) is 0 Å². The van der Waals surface area contributed by atoms with Gasteiger partial charge in [-0.25, -0.2) is 9.97 Å². The largest absolute Gasteiger partial charge is 0.351 e. The number of anilines is 1. The Kier molecular flexibility index (Phi) is 3.48. The maximum atomic E-state index is 4.62. The van der Waals surface area contributed by atoms with Crippen molar-refractivity contribution in [2.24, 2.45) is 0 Å². The molecule has 1 saturated heterocycles. The molecule has 0 unspecified atom stereocenters. The highest BCUT2D eigenvalue weighted by Crippen LogP contribution is 2.30. The minimum atomic E-state index is 0.436. The van der Waals surface area contributed by atoms with E-state index in [1.807, 2.05) is 19.1 Å². The average molecular weight is 307 g/mol. The Labute approximate surface area is 136 Å². The fraction of sp³-hybridized carbons (Fsp3) is 0.389. The minimum absolute atomic E-state index is 0.436. The van der Waals surface area contributed by atoms with Crippen LogP contribution < -0.4 is 4.90 Å². The summed E-state index contributed by atoms with van der Waals surface area (Å²) >= 11 is 0. The van der Waals surface area contributed by atoms with Crippen LogP contribution in [-0.2, 0) is 6.54 Å². The van der Waals surface area contributed by atoms with E-state index in [0.717, 1.165) is 35.5 Å². The van der Waals surface area contributed by atoms with E-state index in [1.165, 1.54) is 18.5 Å². The average Bonchev–Trinajstić information content (AvgIpc) is 3.13. The monoisotopic (exact) mass is 307 g/mol. The molecule has 3 aromatic rings. The van der Waals surface area contributed by atoms with Crippen LogP contribution in [-0.4, -0.2) is 32.3 Å². The Balaban J connectivity index is 1.68. The van der Waals surface area contributed by atoms with Crippen LogP contribution in [0.3, 0.4) is 0 Å². The van der Waals surface area contributed by atoms with Crippen molar-refractivity contribution in [3.63, 3.8) is 0 Å². The normalized spacial score (nSPS) is 18.0. The second-order valence-corrected chi connectivity index (χ2v) is 6.31. The number of hydrogen-bond donors (Lipinski definition) is 0. The number of aryl methyl sites for hydroxylation is 2. The fourth-order valence-electron chi connectivity index (χ4n) is 3.58. The minimum Gasteiger partial charge on any atom is -0.351 e. The first kappa shape index (κ1) is 14.2. The van der Waals surface area contributed by atoms with Gasteiger partial charge < -0.3 is 4.90 Å². The highest BCUT2D eigenvalue weighted by atomic mass is 15.3. The molecule has 1 atom stereocenters. The lowest BCUT2D eigenvalue weighted by molar-refractivity contribution is 0.497. The maximum absolute atomic E-state index is 4.62. The smallest absolute Gasteiger partial charge is 0.140 e. The Morgan fingerprint density at radius 1 is 1.17 bits per heavy atom. The Hall–Kier alpha value is -2.43. The van der Waals surface area contributed by atoms with Crippen LogP contribution in [0.5, 0.6) is 0 Å². The van der Waals surface area contributed by atoms with E-state index in [0.29, 0.717) is 6.04 Å². The van der Waals surface area contributed by atoms with E-state index in [4.69, 9.17) is 0 Å². The molecule has 1 aromatic carbocycles. The molecule has 0 aliphatic carbocycles. The van der Waals surface area contributed by atoms with Crippen LogP contribution in [0.4, 0.5) is 5.82 Å². The van der Waals surface area contributed by atoms with Crippen molar-refractivity contribution in [3.05, 3.63) is 48.0 Å². The third-order valence-electron chi connectivity index (χ3n) is 4.66. The highest BCUT2D eigenvalue weighted by molar-refractivity contribution is 5.89. The third-order valence-corrected chi connectivity index (χ3v) is 4.66. The van der Waals surface area contributed by atoms with Crippen LogP contribution in [0.15, 0.2) is 36.7 Å². The van der Waals surface area contributed by atoms with Crippen molar-refractivity contribution in [1.82, 2.24) is 19.7 Å². The summed E-state index contributed by atoms with van der Waals surface area (Å²) in [5, 5.41) is 5.76. The molecule has 1 aliphatic rings. The first-order valence-corrected chi connectivity index (χ1v) is 8.20. The molecule has 118 valence electrons. The zero-order valence-corrected chi connectivity index (χ0v) is 13.6. The van der Waals surface area contributed by atoms with E-state index >= 15 is 0 Å². The van der Waals surface area contributed by atoms with Gasteiger partial charge in [-0.1, -0.05) is 12.1 Å². The molecule has 0 radical (unpaired) electrons. The molecule has 0 saturated carbocycles. The number of para-hydroxylation sites is 1. The zero-order valence-electron chi connectivity index (χ0n) is 13.6. The molecule has 2 aromatic heterocycles. The van der Waals surface area contributed by atoms with Crippen molar-refractivity contribution in [2.75, 3.05) is 11.4 Å². The van der Waals surface area contributed by atoms with Gasteiger partial charge in [-0.15, -0.1) is 0 Å². The molecular formula is C18H21N5. The van der Waals surface area contributed by atoms with Crippen molar-refractivity contribution >= 4 is 16.7 Å². The van der Waals surface area contributed by atoms with Gasteiger partial charge in [-0.2, -0.15) is 5.10 Å². The van der Waals surface area contributed by atoms with Crippen molar-refractivity contribution in [1.29, 1.82) is 0 Å². The molecule has 4 rings (SSSR count). The van der Waals surface area contributed by atoms with Gasteiger partial charge in [0, 0.05) is 17.6 Å². The topological polar surface area (TPSA) is 46.8 Å². The van der Waals surface area contributed by atoms with Crippen molar-refractivity contribution in [3.8, 4) is 0 Å². The van der Waals surface area contributed by atoms with E-state index in [9.17, 15) is 0 Å². The maximum Gasteiger partial charge on any atom is 0.140 e. The molecule has 1 aliphatic heterocycles. The molecule has 5 nitrogen and oxygen atoms in total. The first-order chi connectivity index (χ1) is 11.2. The Morgan fingerprint density at radius 3 is 2.87 bits per heavy atom. The Morgan fingerprint density at radius 2 is 2.04 bits per heavy atom. The number of nitrogens with zero attached hydrogens (tertiary/aromatic N) is 5. The van der Waals surface area contributed by atoms with Gasteiger partial charge >= 0.3 is 0 Å². The van der Waals surface area contributed by atoms with E-state index in [1.54, 1.807) is 6.33 Å². The predicted octanol–water partition coefficient (Wildman–Crippen LogP) is 3.11. The van der Waals surface area contributed by atoms with Gasteiger partial charge in [-0.05, 0) is 44.9 Å². The van der Waals surface area contributed by atoms with E-state index in [-0.39, 0.29) is 0 Å². The molecule has 1 fully saturated rings. The Bertz CT molecular complexity index is 833. The zero-order chi connectivity index (χ0) is 15.8. The fourth-order valence-corrected chi connectivity index (χ4v) is 3.58. The summed E-state index contributed by atoms with van der Waals surface area (Å²) in [5.74, 6) is 1.06. The number of benzene rings is 1. The van der Waals surface area contributed by atoms with Crippen molar-refractivity contribution in [2.45, 2.75) is 39.3 Å². The van der Waals surface area contributed by atoms with Gasteiger partial charge in [-0.3, -0.25) is 4.68 Å². The first-order valence-electron chi connectivity index (χ1n) is 8.20. The van der Waals surface area contributed by atoms with Gasteiger partial charge in [0.15, 0.2) is 0 Å². The van der Waals surface area contributed by atoms with Crippen LogP contribution >= 0.6 is 0 Å². The summed E-state index contributed by atoms with van der Waals surface area (Å²) in [6.45, 7) is 6.14. The lowest BCUT2D eigenvalue weighted by Gasteiger charge is -2.27. The van der Waals surface area contributed by atoms with Gasteiger partial charge in [0.1, 0.15) is 12.1 Å². The van der Waals surface area contributed by atoms with Crippen LogP contribution in [0.2, 0.25) is 0 Å². The molecule has 5 heteroatoms. The molecule has 23 heavy (non-hydrogen) atoms. The summed E-state index contributed by atoms with van der Waals surface area (Å²) in [6.07, 6.45) is 4.05. The number of aromatic nitrogens is 4. The van der Waals surface area contributed by atoms with Gasteiger partial charge in [0.05, 0.1) is 23.8 Å². The standard InChI is InChI=1S/C18H21N5/c1-13-10-14(2)23(21-13)11-15-6-5-9-22(15)18-16-7-3-4-8-17(16)19-12-20-18/h3-4,7-8,10,12,15H,5-6,9,11H2,1-2H3/t15-/m1/s1. The second-order valence-electron chi connectivity index (χ2n) is 6.31. The number of rotatable bonds is 3. The summed E-state index contributed by atoms with van der Waals surface area (Å²) in [6, 6.07) is 10.8. The highest BCUT2D eigenvalue weighted by Gasteiger charge is 2.28. The molecule has 0 N–H and O–H groups in total. The summed E-state index contributed by atoms with van der Waals surface area (Å²) < 4.78 is 2.13. The molecular weight excluding hydrogens is 286 g/mol. The molecule has 0 amide bonds. The molecule has 0 bridgehead atoms. The van der Waals surface area contributed by atoms with Gasteiger partial charge in [0.25, 0.3) is 0 Å². The van der Waals surface area contributed by atoms with Crippen LogP contribution in [0, 0.1) is 13.8 Å². The number of hydrogen-bond acceptors (Lipinski definition) is 4. The lowest BCUT2D eigenvalue weighted by atomic mass is 10.2. The summed E-state index contributed by atoms with van der Waals surface area (Å²) in [4.78, 5) is 11.4. The SMILES string of the molecule is Cc1cc(C)n(C[C@H]2CCCN2c2ncnc3ccccc23)n1. The second kappa shape index (κ2) is 5.65. The lowest BCUT2D eigenvalue weighted by Crippen LogP contribution is -2.34. The van der Waals surface area contributed by atoms with E-state index < -0.39 is 0 Å². The quantitative estimate of drug-likeness (QED) is 0.746. The van der Waals surface area contributed by atoms with Crippen molar-refractivity contribution < 1.29 is 0 Å². The molecule has 3 heterocycles. The predicted molar refractivity (Wildman–Crippen MR) is 91.6 cm³/mol. The molecule has 0 spiro atoms.